The lowest BCUT2D eigenvalue weighted by atomic mass is 10.0. The van der Waals surface area contributed by atoms with Crippen LogP contribution in [0, 0.1) is 17.5 Å². The fourth-order valence-electron chi connectivity index (χ4n) is 3.23. The molecule has 2 amide bonds. The summed E-state index contributed by atoms with van der Waals surface area (Å²) in [6, 6.07) is -0.320. The van der Waals surface area contributed by atoms with Gasteiger partial charge in [-0.05, 0) is 31.4 Å². The van der Waals surface area contributed by atoms with E-state index >= 15 is 0 Å². The van der Waals surface area contributed by atoms with Crippen molar-refractivity contribution < 1.29 is 27.9 Å². The van der Waals surface area contributed by atoms with Crippen molar-refractivity contribution in [2.24, 2.45) is 5.73 Å². The maximum atomic E-state index is 13.7. The van der Waals surface area contributed by atoms with Crippen molar-refractivity contribution in [1.82, 2.24) is 9.80 Å². The van der Waals surface area contributed by atoms with Crippen LogP contribution < -0.4 is 5.73 Å². The molecule has 0 spiro atoms. The Balaban J connectivity index is 2.01. The summed E-state index contributed by atoms with van der Waals surface area (Å²) >= 11 is 0. The van der Waals surface area contributed by atoms with Gasteiger partial charge in [0.15, 0.2) is 11.6 Å². The average Bonchev–Trinajstić information content (AvgIpc) is 2.73. The Hall–Kier alpha value is -2.13. The predicted molar refractivity (Wildman–Crippen MR) is 92.1 cm³/mol. The molecule has 1 aromatic carbocycles. The number of hydrogen-bond acceptors (Lipinski definition) is 4. The first-order valence-electron chi connectivity index (χ1n) is 8.82. The minimum absolute atomic E-state index is 0.108. The molecule has 1 fully saturated rings. The summed E-state index contributed by atoms with van der Waals surface area (Å²) in [5, 5.41) is 9.04. The molecule has 0 bridgehead atoms. The number of aliphatic hydroxyl groups excluding tert-OH is 1. The molecule has 0 aromatic heterocycles. The van der Waals surface area contributed by atoms with Gasteiger partial charge in [-0.2, -0.15) is 0 Å². The zero-order valence-electron chi connectivity index (χ0n) is 15.1. The molecule has 1 aromatic rings. The third-order valence-corrected chi connectivity index (χ3v) is 4.66. The minimum Gasteiger partial charge on any atom is -0.395 e. The van der Waals surface area contributed by atoms with Crippen LogP contribution in [0.3, 0.4) is 0 Å². The van der Waals surface area contributed by atoms with E-state index in [0.29, 0.717) is 25.6 Å². The Morgan fingerprint density at radius 3 is 2.59 bits per heavy atom. The first kappa shape index (κ1) is 21.2. The van der Waals surface area contributed by atoms with Crippen LogP contribution in [0.1, 0.15) is 25.3 Å². The van der Waals surface area contributed by atoms with Crippen LogP contribution in [0.5, 0.6) is 0 Å². The number of β-amino-alcohol motifs (C(OH)–C–C–N with tert-alkyl or cyclic N) is 1. The molecule has 0 radical (unpaired) electrons. The Kier molecular flexibility index (Phi) is 7.20. The van der Waals surface area contributed by atoms with E-state index in [9.17, 15) is 22.8 Å². The van der Waals surface area contributed by atoms with Gasteiger partial charge in [0, 0.05) is 38.2 Å². The van der Waals surface area contributed by atoms with Gasteiger partial charge in [0.2, 0.25) is 11.8 Å². The second-order valence-corrected chi connectivity index (χ2v) is 6.69. The number of rotatable bonds is 6. The summed E-state index contributed by atoms with van der Waals surface area (Å²) in [4.78, 5) is 27.9. The van der Waals surface area contributed by atoms with Crippen molar-refractivity contribution in [3.05, 3.63) is 35.1 Å². The first-order valence-corrected chi connectivity index (χ1v) is 8.82. The number of hydrogen-bond donors (Lipinski definition) is 2. The van der Waals surface area contributed by atoms with E-state index in [1.54, 1.807) is 6.92 Å². The van der Waals surface area contributed by atoms with Crippen LogP contribution in [-0.2, 0) is 16.0 Å². The third-order valence-electron chi connectivity index (χ3n) is 4.66. The summed E-state index contributed by atoms with van der Waals surface area (Å²) in [7, 11) is 0. The van der Waals surface area contributed by atoms with E-state index in [0.717, 1.165) is 6.07 Å². The third kappa shape index (κ3) is 5.20. The summed E-state index contributed by atoms with van der Waals surface area (Å²) in [6.07, 6.45) is 0.270. The molecule has 1 aliphatic heterocycles. The molecule has 1 saturated heterocycles. The summed E-state index contributed by atoms with van der Waals surface area (Å²) < 4.78 is 40.0. The lowest BCUT2D eigenvalue weighted by Crippen LogP contribution is -2.48. The maximum Gasteiger partial charge on any atom is 0.245 e. The number of carbonyl (C=O) groups excluding carboxylic acids is 2. The van der Waals surface area contributed by atoms with Crippen LogP contribution in [0.4, 0.5) is 13.2 Å². The molecule has 1 unspecified atom stereocenters. The fraction of sp³-hybridized carbons (Fsp3) is 0.556. The molecule has 150 valence electrons. The predicted octanol–water partition coefficient (Wildman–Crippen LogP) is 0.806. The molecule has 2 atom stereocenters. The van der Waals surface area contributed by atoms with Crippen molar-refractivity contribution in [2.75, 3.05) is 26.2 Å². The van der Waals surface area contributed by atoms with E-state index in [2.05, 4.69) is 0 Å². The molecule has 1 heterocycles. The molecule has 9 heteroatoms. The van der Waals surface area contributed by atoms with Gasteiger partial charge in [0.1, 0.15) is 11.9 Å². The quantitative estimate of drug-likeness (QED) is 0.707. The van der Waals surface area contributed by atoms with E-state index in [-0.39, 0.29) is 43.4 Å². The van der Waals surface area contributed by atoms with Crippen molar-refractivity contribution in [3.8, 4) is 0 Å². The van der Waals surface area contributed by atoms with E-state index < -0.39 is 29.5 Å². The maximum absolute atomic E-state index is 13.7. The van der Waals surface area contributed by atoms with Gasteiger partial charge < -0.3 is 20.6 Å². The second kappa shape index (κ2) is 9.18. The van der Waals surface area contributed by atoms with Crippen LogP contribution in [-0.4, -0.2) is 65.0 Å². The molecular formula is C18H24F3N3O3. The Bertz CT molecular complexity index is 702. The molecule has 27 heavy (non-hydrogen) atoms. The van der Waals surface area contributed by atoms with Crippen molar-refractivity contribution in [3.63, 3.8) is 0 Å². The van der Waals surface area contributed by atoms with E-state index in [4.69, 9.17) is 10.8 Å². The number of carbonyl (C=O) groups is 2. The summed E-state index contributed by atoms with van der Waals surface area (Å²) in [6.45, 7) is 2.47. The lowest BCUT2D eigenvalue weighted by Gasteiger charge is -2.29. The van der Waals surface area contributed by atoms with Crippen molar-refractivity contribution in [1.29, 1.82) is 0 Å². The number of amides is 2. The monoisotopic (exact) mass is 387 g/mol. The minimum atomic E-state index is -1.29. The number of nitrogens with zero attached hydrogens (tertiary/aromatic N) is 2. The Morgan fingerprint density at radius 2 is 1.93 bits per heavy atom. The highest BCUT2D eigenvalue weighted by molar-refractivity contribution is 5.88. The van der Waals surface area contributed by atoms with Gasteiger partial charge in [-0.1, -0.05) is 0 Å². The molecular weight excluding hydrogens is 363 g/mol. The van der Waals surface area contributed by atoms with Gasteiger partial charge >= 0.3 is 0 Å². The summed E-state index contributed by atoms with van der Waals surface area (Å²) in [5.41, 5.74) is 5.80. The van der Waals surface area contributed by atoms with Crippen LogP contribution in [0.15, 0.2) is 12.1 Å². The van der Waals surface area contributed by atoms with Gasteiger partial charge in [0.25, 0.3) is 0 Å². The zero-order valence-corrected chi connectivity index (χ0v) is 15.1. The molecule has 1 aliphatic rings. The van der Waals surface area contributed by atoms with Crippen LogP contribution >= 0.6 is 0 Å². The Morgan fingerprint density at radius 1 is 1.26 bits per heavy atom. The molecule has 2 rings (SSSR count). The lowest BCUT2D eigenvalue weighted by molar-refractivity contribution is -0.143. The normalized spacial score (nSPS) is 19.2. The van der Waals surface area contributed by atoms with Crippen LogP contribution in [0.2, 0.25) is 0 Å². The largest absolute Gasteiger partial charge is 0.395 e. The highest BCUT2D eigenvalue weighted by Gasteiger charge is 2.32. The van der Waals surface area contributed by atoms with Crippen LogP contribution in [0.25, 0.3) is 0 Å². The number of benzene rings is 1. The van der Waals surface area contributed by atoms with Gasteiger partial charge in [-0.3, -0.25) is 9.59 Å². The van der Waals surface area contributed by atoms with Crippen molar-refractivity contribution >= 4 is 11.8 Å². The number of halogens is 3. The number of nitrogens with two attached hydrogens (primary N) is 1. The molecule has 3 N–H and O–H groups in total. The Labute approximate surface area is 155 Å². The standard InChI is InChI=1S/C18H24F3N3O3/c1-11-18(27)23(5-6-25)3-2-4-24(11)17(26)9-13(22)7-12-8-15(20)16(21)10-14(12)19/h8,10-11,13,25H,2-7,9,22H2,1H3/t11?,13-/m1/s1. The van der Waals surface area contributed by atoms with E-state index in [1.165, 1.54) is 9.80 Å². The SMILES string of the molecule is CC1C(=O)N(CCO)CCCN1C(=O)C[C@H](N)Cc1cc(F)c(F)cc1F. The number of aliphatic hydroxyl groups is 1. The van der Waals surface area contributed by atoms with Crippen molar-refractivity contribution in [2.45, 2.75) is 38.3 Å². The highest BCUT2D eigenvalue weighted by Crippen LogP contribution is 2.17. The fourth-order valence-corrected chi connectivity index (χ4v) is 3.23. The summed E-state index contributed by atoms with van der Waals surface area (Å²) in [5.74, 6) is -4.01. The van der Waals surface area contributed by atoms with Gasteiger partial charge in [-0.15, -0.1) is 0 Å². The van der Waals surface area contributed by atoms with E-state index in [1.807, 2.05) is 0 Å². The molecule has 0 aliphatic carbocycles. The first-order chi connectivity index (χ1) is 12.7. The van der Waals surface area contributed by atoms with Gasteiger partial charge in [0.05, 0.1) is 6.61 Å². The average molecular weight is 387 g/mol. The molecule has 0 saturated carbocycles. The molecule has 6 nitrogen and oxygen atoms in total. The second-order valence-electron chi connectivity index (χ2n) is 6.69. The zero-order chi connectivity index (χ0) is 20.1. The van der Waals surface area contributed by atoms with Gasteiger partial charge in [-0.25, -0.2) is 13.2 Å². The highest BCUT2D eigenvalue weighted by atomic mass is 19.2. The smallest absolute Gasteiger partial charge is 0.245 e. The topological polar surface area (TPSA) is 86.9 Å².